The minimum absolute atomic E-state index is 0.0169. The highest BCUT2D eigenvalue weighted by atomic mass is 35.5. The zero-order valence-corrected chi connectivity index (χ0v) is 14.6. The summed E-state index contributed by atoms with van der Waals surface area (Å²) in [4.78, 5) is 34.0. The number of halogens is 1. The van der Waals surface area contributed by atoms with Crippen molar-refractivity contribution in [1.82, 2.24) is 5.32 Å². The molecule has 0 aliphatic rings. The molecular formula is C17H16ClN3O5. The maximum Gasteiger partial charge on any atom is 0.271 e. The van der Waals surface area contributed by atoms with Gasteiger partial charge in [0.1, 0.15) is 5.75 Å². The molecule has 2 aromatic carbocycles. The van der Waals surface area contributed by atoms with Crippen LogP contribution in [0.5, 0.6) is 5.75 Å². The van der Waals surface area contributed by atoms with Gasteiger partial charge in [0, 0.05) is 30.7 Å². The molecule has 0 atom stereocenters. The topological polar surface area (TPSA) is 111 Å². The van der Waals surface area contributed by atoms with Gasteiger partial charge in [0.2, 0.25) is 5.91 Å². The van der Waals surface area contributed by atoms with Gasteiger partial charge in [0.05, 0.1) is 22.7 Å². The highest BCUT2D eigenvalue weighted by Crippen LogP contribution is 2.26. The molecule has 0 heterocycles. The number of rotatable bonds is 7. The molecule has 0 bridgehead atoms. The first kappa shape index (κ1) is 19.2. The van der Waals surface area contributed by atoms with Crippen LogP contribution in [0.2, 0.25) is 5.02 Å². The van der Waals surface area contributed by atoms with Crippen LogP contribution in [0.25, 0.3) is 0 Å². The van der Waals surface area contributed by atoms with Crippen molar-refractivity contribution in [3.63, 3.8) is 0 Å². The minimum atomic E-state index is -0.578. The molecule has 0 aliphatic heterocycles. The Morgan fingerprint density at radius 2 is 2.00 bits per heavy atom. The van der Waals surface area contributed by atoms with Crippen molar-refractivity contribution < 1.29 is 19.2 Å². The van der Waals surface area contributed by atoms with Gasteiger partial charge in [-0.2, -0.15) is 0 Å². The van der Waals surface area contributed by atoms with Crippen LogP contribution in [0.15, 0.2) is 42.5 Å². The number of hydrogen-bond acceptors (Lipinski definition) is 5. The number of methoxy groups -OCH3 is 1. The summed E-state index contributed by atoms with van der Waals surface area (Å²) in [5.74, 6) is -0.153. The maximum atomic E-state index is 12.0. The van der Waals surface area contributed by atoms with E-state index in [4.69, 9.17) is 16.3 Å². The van der Waals surface area contributed by atoms with Crippen molar-refractivity contribution in [2.75, 3.05) is 19.0 Å². The Hall–Kier alpha value is -3.13. The van der Waals surface area contributed by atoms with Crippen LogP contribution in [-0.2, 0) is 4.79 Å². The Morgan fingerprint density at radius 1 is 1.23 bits per heavy atom. The molecule has 2 N–H and O–H groups in total. The standard InChI is InChI=1S/C17H16ClN3O5/c1-26-13-4-2-3-11(9-13)17(23)19-8-7-16(22)20-15-6-5-12(21(24)25)10-14(15)18/h2-6,9-10H,7-8H2,1H3,(H,19,23)(H,20,22). The van der Waals surface area contributed by atoms with E-state index in [1.54, 1.807) is 24.3 Å². The van der Waals surface area contributed by atoms with E-state index in [2.05, 4.69) is 10.6 Å². The van der Waals surface area contributed by atoms with Crippen molar-refractivity contribution in [3.8, 4) is 5.75 Å². The fourth-order valence-electron chi connectivity index (χ4n) is 2.09. The first-order valence-corrected chi connectivity index (χ1v) is 7.94. The van der Waals surface area contributed by atoms with Gasteiger partial charge in [-0.3, -0.25) is 19.7 Å². The fraction of sp³-hybridized carbons (Fsp3) is 0.176. The summed E-state index contributed by atoms with van der Waals surface area (Å²) >= 11 is 5.91. The second kappa shape index (κ2) is 8.82. The van der Waals surface area contributed by atoms with Crippen molar-refractivity contribution >= 4 is 34.8 Å². The van der Waals surface area contributed by atoms with Gasteiger partial charge in [-0.05, 0) is 24.3 Å². The number of nitrogens with one attached hydrogen (secondary N) is 2. The molecule has 2 amide bonds. The molecule has 0 unspecified atom stereocenters. The summed E-state index contributed by atoms with van der Waals surface area (Å²) in [6.07, 6.45) is 0.0169. The molecule has 2 rings (SSSR count). The number of carbonyl (C=O) groups excluding carboxylic acids is 2. The number of nitrogens with zero attached hydrogens (tertiary/aromatic N) is 1. The van der Waals surface area contributed by atoms with Crippen LogP contribution >= 0.6 is 11.6 Å². The third kappa shape index (κ3) is 5.18. The molecular weight excluding hydrogens is 362 g/mol. The summed E-state index contributed by atoms with van der Waals surface area (Å²) in [5, 5.41) is 15.9. The molecule has 2 aromatic rings. The van der Waals surface area contributed by atoms with Crippen molar-refractivity contribution in [3.05, 3.63) is 63.2 Å². The maximum absolute atomic E-state index is 12.0. The minimum Gasteiger partial charge on any atom is -0.497 e. The summed E-state index contributed by atoms with van der Waals surface area (Å²) in [6.45, 7) is 0.118. The molecule has 0 saturated carbocycles. The lowest BCUT2D eigenvalue weighted by atomic mass is 10.2. The number of carbonyl (C=O) groups is 2. The van der Waals surface area contributed by atoms with E-state index < -0.39 is 4.92 Å². The van der Waals surface area contributed by atoms with E-state index in [0.29, 0.717) is 11.3 Å². The number of amides is 2. The summed E-state index contributed by atoms with van der Waals surface area (Å²) in [7, 11) is 1.50. The van der Waals surface area contributed by atoms with E-state index >= 15 is 0 Å². The number of nitro benzene ring substituents is 1. The summed E-state index contributed by atoms with van der Waals surface area (Å²) < 4.78 is 5.05. The normalized spacial score (nSPS) is 10.1. The zero-order valence-electron chi connectivity index (χ0n) is 13.8. The van der Waals surface area contributed by atoms with E-state index in [1.165, 1.54) is 19.2 Å². The fourth-order valence-corrected chi connectivity index (χ4v) is 2.31. The Bertz CT molecular complexity index is 841. The third-order valence-corrected chi connectivity index (χ3v) is 3.72. The van der Waals surface area contributed by atoms with Gasteiger partial charge in [0.25, 0.3) is 11.6 Å². The van der Waals surface area contributed by atoms with E-state index in [9.17, 15) is 19.7 Å². The number of non-ortho nitro benzene ring substituents is 1. The van der Waals surface area contributed by atoms with Crippen LogP contribution in [0, 0.1) is 10.1 Å². The van der Waals surface area contributed by atoms with Crippen molar-refractivity contribution in [1.29, 1.82) is 0 Å². The molecule has 0 aromatic heterocycles. The van der Waals surface area contributed by atoms with Gasteiger partial charge in [-0.25, -0.2) is 0 Å². The quantitative estimate of drug-likeness (QED) is 0.569. The van der Waals surface area contributed by atoms with Gasteiger partial charge in [0.15, 0.2) is 0 Å². The Balaban J connectivity index is 1.85. The van der Waals surface area contributed by atoms with Crippen LogP contribution in [-0.4, -0.2) is 30.4 Å². The Kier molecular flexibility index (Phi) is 6.51. The Labute approximate surface area is 154 Å². The first-order valence-electron chi connectivity index (χ1n) is 7.56. The number of hydrogen-bond donors (Lipinski definition) is 2. The number of anilines is 1. The summed E-state index contributed by atoms with van der Waals surface area (Å²) in [5.41, 5.74) is 0.517. The van der Waals surface area contributed by atoms with E-state index in [1.807, 2.05) is 0 Å². The van der Waals surface area contributed by atoms with Crippen LogP contribution in [0.1, 0.15) is 16.8 Å². The lowest BCUT2D eigenvalue weighted by Crippen LogP contribution is -2.27. The first-order chi connectivity index (χ1) is 12.4. The monoisotopic (exact) mass is 377 g/mol. The third-order valence-electron chi connectivity index (χ3n) is 3.41. The van der Waals surface area contributed by atoms with Crippen LogP contribution in [0.4, 0.5) is 11.4 Å². The number of benzene rings is 2. The van der Waals surface area contributed by atoms with Gasteiger partial charge >= 0.3 is 0 Å². The van der Waals surface area contributed by atoms with E-state index in [-0.39, 0.29) is 41.2 Å². The van der Waals surface area contributed by atoms with Crippen LogP contribution < -0.4 is 15.4 Å². The molecule has 0 fully saturated rings. The molecule has 0 saturated heterocycles. The Morgan fingerprint density at radius 3 is 2.65 bits per heavy atom. The number of ether oxygens (including phenoxy) is 1. The van der Waals surface area contributed by atoms with Gasteiger partial charge in [-0.1, -0.05) is 17.7 Å². The smallest absolute Gasteiger partial charge is 0.271 e. The molecule has 0 aliphatic carbocycles. The molecule has 0 radical (unpaired) electrons. The molecule has 0 spiro atoms. The zero-order chi connectivity index (χ0) is 19.1. The second-order valence-electron chi connectivity index (χ2n) is 5.21. The second-order valence-corrected chi connectivity index (χ2v) is 5.61. The molecule has 136 valence electrons. The number of nitro groups is 1. The lowest BCUT2D eigenvalue weighted by Gasteiger charge is -2.08. The SMILES string of the molecule is COc1cccc(C(=O)NCCC(=O)Nc2ccc([N+](=O)[O-])cc2Cl)c1. The van der Waals surface area contributed by atoms with Gasteiger partial charge < -0.3 is 15.4 Å². The lowest BCUT2D eigenvalue weighted by molar-refractivity contribution is -0.384. The van der Waals surface area contributed by atoms with Crippen molar-refractivity contribution in [2.24, 2.45) is 0 Å². The van der Waals surface area contributed by atoms with Crippen LogP contribution in [0.3, 0.4) is 0 Å². The molecule has 9 heteroatoms. The molecule has 26 heavy (non-hydrogen) atoms. The largest absolute Gasteiger partial charge is 0.497 e. The van der Waals surface area contributed by atoms with Gasteiger partial charge in [-0.15, -0.1) is 0 Å². The predicted octanol–water partition coefficient (Wildman–Crippen LogP) is 3.02. The summed E-state index contributed by atoms with van der Waals surface area (Å²) in [6, 6.07) is 10.4. The average molecular weight is 378 g/mol. The predicted molar refractivity (Wildman–Crippen MR) is 96.7 cm³/mol. The highest BCUT2D eigenvalue weighted by molar-refractivity contribution is 6.33. The van der Waals surface area contributed by atoms with Crippen molar-refractivity contribution in [2.45, 2.75) is 6.42 Å². The highest BCUT2D eigenvalue weighted by Gasteiger charge is 2.12. The average Bonchev–Trinajstić information content (AvgIpc) is 2.63. The molecule has 8 nitrogen and oxygen atoms in total. The van der Waals surface area contributed by atoms with E-state index in [0.717, 1.165) is 6.07 Å².